The monoisotopic (exact) mass is 499 g/mol. The minimum absolute atomic E-state index is 0.00190. The van der Waals surface area contributed by atoms with Crippen LogP contribution in [0, 0.1) is 0 Å². The minimum Gasteiger partial charge on any atom is -0.508 e. The van der Waals surface area contributed by atoms with Gasteiger partial charge in [0.05, 0.1) is 13.0 Å². The van der Waals surface area contributed by atoms with Crippen LogP contribution in [0.5, 0.6) is 5.75 Å². The summed E-state index contributed by atoms with van der Waals surface area (Å²) in [5.41, 5.74) is 11.7. The summed E-state index contributed by atoms with van der Waals surface area (Å²) in [6.07, 6.45) is -0.613. The molecule has 36 heavy (non-hydrogen) atoms. The smallest absolute Gasteiger partial charge is 0.326 e. The van der Waals surface area contributed by atoms with Gasteiger partial charge in [-0.1, -0.05) is 42.5 Å². The molecule has 2 aromatic rings. The number of phenols is 1. The Bertz CT molecular complexity index is 1080. The van der Waals surface area contributed by atoms with Crippen LogP contribution in [0.15, 0.2) is 54.6 Å². The number of aromatic hydroxyl groups is 1. The van der Waals surface area contributed by atoms with Crippen molar-refractivity contribution in [2.24, 2.45) is 11.5 Å². The van der Waals surface area contributed by atoms with Gasteiger partial charge in [-0.05, 0) is 23.3 Å². The van der Waals surface area contributed by atoms with Crippen LogP contribution < -0.4 is 27.4 Å². The number of nitrogens with one attached hydrogen (secondary N) is 3. The van der Waals surface area contributed by atoms with Gasteiger partial charge in [0.1, 0.15) is 23.9 Å². The second kappa shape index (κ2) is 13.4. The van der Waals surface area contributed by atoms with Gasteiger partial charge in [0, 0.05) is 12.8 Å². The molecule has 3 atom stereocenters. The Morgan fingerprint density at radius 2 is 1.28 bits per heavy atom. The van der Waals surface area contributed by atoms with Gasteiger partial charge in [0.15, 0.2) is 0 Å². The van der Waals surface area contributed by atoms with Gasteiger partial charge in [0.25, 0.3) is 0 Å². The molecule has 0 spiro atoms. The summed E-state index contributed by atoms with van der Waals surface area (Å²) < 4.78 is 0. The number of phenolic OH excluding ortho intramolecular Hbond substituents is 1. The van der Waals surface area contributed by atoms with Crippen LogP contribution in [-0.2, 0) is 36.8 Å². The normalized spacial score (nSPS) is 13.0. The number of rotatable bonds is 13. The van der Waals surface area contributed by atoms with E-state index in [0.717, 1.165) is 0 Å². The molecule has 0 saturated heterocycles. The van der Waals surface area contributed by atoms with Crippen molar-refractivity contribution in [1.29, 1.82) is 0 Å². The van der Waals surface area contributed by atoms with Crippen molar-refractivity contribution in [2.75, 3.05) is 6.54 Å². The van der Waals surface area contributed by atoms with Crippen molar-refractivity contribution in [3.63, 3.8) is 0 Å². The zero-order chi connectivity index (χ0) is 26.7. The fraction of sp³-hybridized carbons (Fsp3) is 0.292. The van der Waals surface area contributed by atoms with Crippen molar-refractivity contribution in [2.45, 2.75) is 37.4 Å². The fourth-order valence-electron chi connectivity index (χ4n) is 3.34. The van der Waals surface area contributed by atoms with Crippen molar-refractivity contribution < 1.29 is 34.2 Å². The molecule has 12 nitrogen and oxygen atoms in total. The lowest BCUT2D eigenvalue weighted by Gasteiger charge is -2.24. The third-order valence-electron chi connectivity index (χ3n) is 5.15. The zero-order valence-corrected chi connectivity index (χ0v) is 19.3. The van der Waals surface area contributed by atoms with Gasteiger partial charge in [-0.25, -0.2) is 4.79 Å². The van der Waals surface area contributed by atoms with E-state index in [1.807, 2.05) is 0 Å². The second-order valence-corrected chi connectivity index (χ2v) is 8.02. The Morgan fingerprint density at radius 3 is 1.83 bits per heavy atom. The van der Waals surface area contributed by atoms with E-state index in [1.165, 1.54) is 24.3 Å². The number of primary amides is 1. The molecule has 0 radical (unpaired) electrons. The van der Waals surface area contributed by atoms with Crippen LogP contribution in [-0.4, -0.2) is 64.5 Å². The second-order valence-electron chi connectivity index (χ2n) is 8.02. The number of carboxylic acids is 1. The lowest BCUT2D eigenvalue weighted by atomic mass is 10.0. The number of carbonyl (C=O) groups is 5. The average Bonchev–Trinajstić information content (AvgIpc) is 2.84. The first-order chi connectivity index (χ1) is 17.1. The van der Waals surface area contributed by atoms with E-state index in [1.54, 1.807) is 30.3 Å². The van der Waals surface area contributed by atoms with Crippen molar-refractivity contribution in [3.05, 3.63) is 65.7 Å². The molecule has 192 valence electrons. The lowest BCUT2D eigenvalue weighted by molar-refractivity contribution is -0.142. The maximum absolute atomic E-state index is 13.1. The quantitative estimate of drug-likeness (QED) is 0.173. The maximum Gasteiger partial charge on any atom is 0.326 e. The first-order valence-electron chi connectivity index (χ1n) is 11.0. The van der Waals surface area contributed by atoms with E-state index in [0.29, 0.717) is 11.1 Å². The maximum atomic E-state index is 13.1. The SMILES string of the molecule is NCC(=O)NC(CC(N)=O)C(=O)NC(Cc1ccccc1)C(=O)NC(Cc1ccc(O)cc1)C(=O)O. The van der Waals surface area contributed by atoms with Crippen molar-refractivity contribution in [1.82, 2.24) is 16.0 Å². The van der Waals surface area contributed by atoms with Gasteiger partial charge < -0.3 is 37.6 Å². The molecule has 0 heterocycles. The number of amides is 4. The Kier molecular flexibility index (Phi) is 10.4. The van der Waals surface area contributed by atoms with Gasteiger partial charge >= 0.3 is 5.97 Å². The van der Waals surface area contributed by atoms with E-state index >= 15 is 0 Å². The molecule has 0 bridgehead atoms. The first kappa shape index (κ1) is 27.8. The third kappa shape index (κ3) is 9.06. The molecule has 0 saturated carbocycles. The molecule has 12 heteroatoms. The summed E-state index contributed by atoms with van der Waals surface area (Å²) in [5.74, 6) is -4.52. The van der Waals surface area contributed by atoms with E-state index in [9.17, 15) is 34.2 Å². The molecule has 0 aliphatic heterocycles. The summed E-state index contributed by atoms with van der Waals surface area (Å²) in [4.78, 5) is 61.0. The molecule has 4 amide bonds. The number of carboxylic acid groups (broad SMARTS) is 1. The average molecular weight is 500 g/mol. The van der Waals surface area contributed by atoms with E-state index in [2.05, 4.69) is 16.0 Å². The summed E-state index contributed by atoms with van der Waals surface area (Å²) in [5, 5.41) is 26.2. The molecule has 0 aromatic heterocycles. The van der Waals surface area contributed by atoms with Crippen LogP contribution >= 0.6 is 0 Å². The Labute approximate surface area is 207 Å². The van der Waals surface area contributed by atoms with E-state index in [-0.39, 0.29) is 18.6 Å². The van der Waals surface area contributed by atoms with Gasteiger partial charge in [0.2, 0.25) is 23.6 Å². The van der Waals surface area contributed by atoms with Gasteiger partial charge in [-0.3, -0.25) is 19.2 Å². The summed E-state index contributed by atoms with van der Waals surface area (Å²) in [6, 6.07) is 10.5. The number of nitrogens with two attached hydrogens (primary N) is 2. The Hall–Kier alpha value is -4.45. The van der Waals surface area contributed by atoms with Crippen molar-refractivity contribution in [3.8, 4) is 5.75 Å². The molecule has 0 fully saturated rings. The molecule has 2 aromatic carbocycles. The third-order valence-corrected chi connectivity index (χ3v) is 5.15. The number of carbonyl (C=O) groups excluding carboxylic acids is 4. The molecular weight excluding hydrogens is 470 g/mol. The molecule has 9 N–H and O–H groups in total. The molecule has 0 aliphatic rings. The number of benzene rings is 2. The van der Waals surface area contributed by atoms with Crippen LogP contribution in [0.25, 0.3) is 0 Å². The lowest BCUT2D eigenvalue weighted by Crippen LogP contribution is -2.57. The summed E-state index contributed by atoms with van der Waals surface area (Å²) in [7, 11) is 0. The Morgan fingerprint density at radius 1 is 0.750 bits per heavy atom. The predicted octanol–water partition coefficient (Wildman–Crippen LogP) is -1.45. The summed E-state index contributed by atoms with van der Waals surface area (Å²) in [6.45, 7) is -0.436. The van der Waals surface area contributed by atoms with Crippen LogP contribution in [0.4, 0.5) is 0 Å². The molecule has 0 aliphatic carbocycles. The highest BCUT2D eigenvalue weighted by atomic mass is 16.4. The highest BCUT2D eigenvalue weighted by Crippen LogP contribution is 2.12. The van der Waals surface area contributed by atoms with Crippen molar-refractivity contribution >= 4 is 29.6 Å². The van der Waals surface area contributed by atoms with Crippen LogP contribution in [0.1, 0.15) is 17.5 Å². The number of hydrogen-bond donors (Lipinski definition) is 7. The van der Waals surface area contributed by atoms with Crippen LogP contribution in [0.2, 0.25) is 0 Å². The standard InChI is InChI=1S/C24H29N5O7/c25-13-21(32)27-18(12-20(26)31)23(34)28-17(10-14-4-2-1-3-5-14)22(33)29-19(24(35)36)11-15-6-8-16(30)9-7-15/h1-9,17-19,30H,10-13,25H2,(H2,26,31)(H,27,32)(H,28,34)(H,29,33)(H,35,36). The largest absolute Gasteiger partial charge is 0.508 e. The predicted molar refractivity (Wildman–Crippen MR) is 128 cm³/mol. The highest BCUT2D eigenvalue weighted by molar-refractivity contribution is 5.95. The molecule has 3 unspecified atom stereocenters. The molecular formula is C24H29N5O7. The fourth-order valence-corrected chi connectivity index (χ4v) is 3.34. The summed E-state index contributed by atoms with van der Waals surface area (Å²) >= 11 is 0. The van der Waals surface area contributed by atoms with Gasteiger partial charge in [-0.15, -0.1) is 0 Å². The van der Waals surface area contributed by atoms with Crippen LogP contribution in [0.3, 0.4) is 0 Å². The number of hydrogen-bond acceptors (Lipinski definition) is 7. The Balaban J connectivity index is 2.24. The zero-order valence-electron chi connectivity index (χ0n) is 19.3. The van der Waals surface area contributed by atoms with E-state index < -0.39 is 60.7 Å². The van der Waals surface area contributed by atoms with Gasteiger partial charge in [-0.2, -0.15) is 0 Å². The number of aliphatic carboxylic acids is 1. The topological polar surface area (TPSA) is 214 Å². The molecule has 2 rings (SSSR count). The minimum atomic E-state index is -1.38. The van der Waals surface area contributed by atoms with E-state index in [4.69, 9.17) is 11.5 Å². The highest BCUT2D eigenvalue weighted by Gasteiger charge is 2.30. The first-order valence-corrected chi connectivity index (χ1v) is 11.0.